The second kappa shape index (κ2) is 13.1. The maximum Gasteiger partial charge on any atom is 0.142 e. The van der Waals surface area contributed by atoms with Gasteiger partial charge >= 0.3 is 0 Å². The molecule has 222 valence electrons. The Balaban J connectivity index is 1.07. The van der Waals surface area contributed by atoms with E-state index in [0.29, 0.717) is 0 Å². The Morgan fingerprint density at radius 1 is 0.907 bits per heavy atom. The summed E-state index contributed by atoms with van der Waals surface area (Å²) in [6.45, 7) is 13.2. The maximum absolute atomic E-state index is 5.99. The minimum absolute atomic E-state index is 0.00525. The van der Waals surface area contributed by atoms with Gasteiger partial charge in [-0.15, -0.1) is 0 Å². The van der Waals surface area contributed by atoms with Gasteiger partial charge in [-0.3, -0.25) is 14.9 Å². The van der Waals surface area contributed by atoms with Crippen LogP contribution in [0.5, 0.6) is 0 Å². The molecule has 4 heterocycles. The number of aryl methyl sites for hydroxylation is 3. The lowest BCUT2D eigenvalue weighted by Crippen LogP contribution is -2.36. The average molecular weight is 574 g/mol. The van der Waals surface area contributed by atoms with E-state index in [1.165, 1.54) is 44.9 Å². The molecule has 0 bridgehead atoms. The van der Waals surface area contributed by atoms with Crippen LogP contribution in [-0.4, -0.2) is 52.9 Å². The van der Waals surface area contributed by atoms with Crippen molar-refractivity contribution in [2.24, 2.45) is 5.16 Å². The largest absolute Gasteiger partial charge is 0.391 e. The number of anilines is 1. The molecule has 6 heteroatoms. The molecule has 2 aromatic heterocycles. The molecule has 1 unspecified atom stereocenters. The average Bonchev–Trinajstić information content (AvgIpc) is 3.04. The molecule has 2 aliphatic rings. The van der Waals surface area contributed by atoms with E-state index in [-0.39, 0.29) is 6.10 Å². The molecule has 0 fully saturated rings. The van der Waals surface area contributed by atoms with Gasteiger partial charge in [0.05, 0.1) is 29.3 Å². The summed E-state index contributed by atoms with van der Waals surface area (Å²) < 4.78 is 0. The molecule has 0 spiro atoms. The number of pyridine rings is 2. The standard InChI is InChI=1S/C37H43N5O/c1-26-22-36-35(38-29(26)4)16-11-19-42(36)24-28(3)43-40-27(2)17-20-41-21-18-34-32(25-41)23-33(30-12-7-5-8-13-30)37(39-34)31-14-9-6-10-15-31/h5-10,12-15,22-23,28H,11,16-21,24-25H2,1-4H3. The Hall–Kier alpha value is -4.03. The molecule has 2 aliphatic heterocycles. The molecule has 0 saturated heterocycles. The van der Waals surface area contributed by atoms with Crippen molar-refractivity contribution in [2.45, 2.75) is 66.0 Å². The lowest BCUT2D eigenvalue weighted by Gasteiger charge is -2.32. The van der Waals surface area contributed by atoms with Crippen molar-refractivity contribution in [1.29, 1.82) is 0 Å². The van der Waals surface area contributed by atoms with Gasteiger partial charge in [0.25, 0.3) is 0 Å². The summed E-state index contributed by atoms with van der Waals surface area (Å²) in [4.78, 5) is 21.0. The molecule has 0 radical (unpaired) electrons. The van der Waals surface area contributed by atoms with Gasteiger partial charge in [0.2, 0.25) is 0 Å². The number of hydrogen-bond donors (Lipinski definition) is 0. The highest BCUT2D eigenvalue weighted by Crippen LogP contribution is 2.34. The highest BCUT2D eigenvalue weighted by molar-refractivity contribution is 5.82. The van der Waals surface area contributed by atoms with E-state index >= 15 is 0 Å². The van der Waals surface area contributed by atoms with E-state index in [4.69, 9.17) is 14.8 Å². The van der Waals surface area contributed by atoms with E-state index in [1.54, 1.807) is 0 Å². The summed E-state index contributed by atoms with van der Waals surface area (Å²) in [6.07, 6.45) is 4.03. The summed E-state index contributed by atoms with van der Waals surface area (Å²) in [5.74, 6) is 0. The third kappa shape index (κ3) is 6.80. The molecular formula is C37H43N5O. The van der Waals surface area contributed by atoms with Gasteiger partial charge in [0, 0.05) is 61.5 Å². The Kier molecular flexibility index (Phi) is 8.85. The first-order chi connectivity index (χ1) is 20.9. The zero-order valence-electron chi connectivity index (χ0n) is 26.0. The van der Waals surface area contributed by atoms with Crippen molar-refractivity contribution < 1.29 is 4.84 Å². The predicted molar refractivity (Wildman–Crippen MR) is 177 cm³/mol. The van der Waals surface area contributed by atoms with Crippen molar-refractivity contribution in [2.75, 3.05) is 31.1 Å². The monoisotopic (exact) mass is 573 g/mol. The number of hydrogen-bond acceptors (Lipinski definition) is 6. The van der Waals surface area contributed by atoms with Crippen LogP contribution in [0.15, 0.2) is 78.0 Å². The summed E-state index contributed by atoms with van der Waals surface area (Å²) in [5.41, 5.74) is 13.1. The molecule has 6 nitrogen and oxygen atoms in total. The molecule has 43 heavy (non-hydrogen) atoms. The second-order valence-corrected chi connectivity index (χ2v) is 12.1. The molecular weight excluding hydrogens is 530 g/mol. The number of rotatable bonds is 9. The predicted octanol–water partition coefficient (Wildman–Crippen LogP) is 7.41. The first kappa shape index (κ1) is 29.1. The second-order valence-electron chi connectivity index (χ2n) is 12.1. The summed E-state index contributed by atoms with van der Waals surface area (Å²) in [7, 11) is 0. The molecule has 1 atom stereocenters. The first-order valence-corrected chi connectivity index (χ1v) is 15.7. The molecule has 0 N–H and O–H groups in total. The van der Waals surface area contributed by atoms with Crippen LogP contribution in [0.4, 0.5) is 5.69 Å². The topological polar surface area (TPSA) is 53.9 Å². The van der Waals surface area contributed by atoms with Gasteiger partial charge in [-0.1, -0.05) is 65.8 Å². The number of oxime groups is 1. The minimum atomic E-state index is 0.00525. The lowest BCUT2D eigenvalue weighted by atomic mass is 9.94. The zero-order valence-corrected chi connectivity index (χ0v) is 26.0. The molecule has 6 rings (SSSR count). The van der Waals surface area contributed by atoms with Crippen LogP contribution in [0, 0.1) is 13.8 Å². The van der Waals surface area contributed by atoms with Gasteiger partial charge in [-0.2, -0.15) is 0 Å². The quantitative estimate of drug-likeness (QED) is 0.154. The van der Waals surface area contributed by atoms with E-state index in [9.17, 15) is 0 Å². The Bertz CT molecular complexity index is 1580. The Morgan fingerprint density at radius 3 is 2.42 bits per heavy atom. The number of aromatic nitrogens is 2. The van der Waals surface area contributed by atoms with Crippen LogP contribution < -0.4 is 4.90 Å². The minimum Gasteiger partial charge on any atom is -0.391 e. The Morgan fingerprint density at radius 2 is 1.65 bits per heavy atom. The van der Waals surface area contributed by atoms with Gasteiger partial charge in [0.15, 0.2) is 0 Å². The first-order valence-electron chi connectivity index (χ1n) is 15.7. The van der Waals surface area contributed by atoms with Crippen LogP contribution in [0.3, 0.4) is 0 Å². The van der Waals surface area contributed by atoms with Crippen LogP contribution in [0.1, 0.15) is 54.9 Å². The number of benzene rings is 2. The molecule has 4 aromatic rings. The highest BCUT2D eigenvalue weighted by atomic mass is 16.6. The SMILES string of the molecule is CC(CCN1CCc2nc(-c3ccccc3)c(-c3ccccc3)cc2C1)=NOC(C)CN1CCCc2nc(C)c(C)cc21. The van der Waals surface area contributed by atoms with Gasteiger partial charge in [0.1, 0.15) is 6.10 Å². The van der Waals surface area contributed by atoms with E-state index in [2.05, 4.69) is 115 Å². The lowest BCUT2D eigenvalue weighted by molar-refractivity contribution is 0.0759. The fourth-order valence-electron chi connectivity index (χ4n) is 6.21. The fraction of sp³-hybridized carbons (Fsp3) is 0.378. The van der Waals surface area contributed by atoms with Crippen LogP contribution in [-0.2, 0) is 24.2 Å². The van der Waals surface area contributed by atoms with Gasteiger partial charge in [-0.05, 0) is 69.4 Å². The van der Waals surface area contributed by atoms with E-state index < -0.39 is 0 Å². The van der Waals surface area contributed by atoms with Crippen LogP contribution >= 0.6 is 0 Å². The van der Waals surface area contributed by atoms with Crippen molar-refractivity contribution in [1.82, 2.24) is 14.9 Å². The number of nitrogens with zero attached hydrogens (tertiary/aromatic N) is 5. The van der Waals surface area contributed by atoms with E-state index in [1.807, 2.05) is 0 Å². The molecule has 0 saturated carbocycles. The van der Waals surface area contributed by atoms with Gasteiger partial charge in [-0.25, -0.2) is 0 Å². The summed E-state index contributed by atoms with van der Waals surface area (Å²) in [6, 6.07) is 25.9. The highest BCUT2D eigenvalue weighted by Gasteiger charge is 2.23. The fourth-order valence-corrected chi connectivity index (χ4v) is 6.21. The third-order valence-electron chi connectivity index (χ3n) is 8.74. The molecule has 0 amide bonds. The summed E-state index contributed by atoms with van der Waals surface area (Å²) in [5, 5.41) is 4.54. The van der Waals surface area contributed by atoms with Crippen LogP contribution in [0.25, 0.3) is 22.4 Å². The van der Waals surface area contributed by atoms with Crippen molar-refractivity contribution in [3.05, 3.63) is 101 Å². The maximum atomic E-state index is 5.99. The molecule has 0 aliphatic carbocycles. The normalized spacial score (nSPS) is 16.0. The number of fused-ring (bicyclic) bond motifs is 2. The third-order valence-corrected chi connectivity index (χ3v) is 8.74. The Labute approximate surface area is 256 Å². The summed E-state index contributed by atoms with van der Waals surface area (Å²) >= 11 is 0. The zero-order chi connectivity index (χ0) is 29.8. The van der Waals surface area contributed by atoms with E-state index in [0.717, 1.165) is 75.5 Å². The van der Waals surface area contributed by atoms with Crippen molar-refractivity contribution in [3.8, 4) is 22.4 Å². The van der Waals surface area contributed by atoms with Gasteiger partial charge < -0.3 is 9.74 Å². The smallest absolute Gasteiger partial charge is 0.142 e. The van der Waals surface area contributed by atoms with Crippen molar-refractivity contribution >= 4 is 11.4 Å². The van der Waals surface area contributed by atoms with Crippen molar-refractivity contribution in [3.63, 3.8) is 0 Å². The molecule has 2 aromatic carbocycles. The van der Waals surface area contributed by atoms with Crippen LogP contribution in [0.2, 0.25) is 0 Å².